The summed E-state index contributed by atoms with van der Waals surface area (Å²) in [7, 11) is 0. The van der Waals surface area contributed by atoms with Crippen LogP contribution in [-0.2, 0) is 6.54 Å². The van der Waals surface area contributed by atoms with Gasteiger partial charge in [-0.3, -0.25) is 14.7 Å². The average molecular weight is 291 g/mol. The number of benzene rings is 2. The van der Waals surface area contributed by atoms with Crippen LogP contribution in [0.15, 0.2) is 53.5 Å². The van der Waals surface area contributed by atoms with Crippen molar-refractivity contribution >= 4 is 17.6 Å². The molecule has 22 heavy (non-hydrogen) atoms. The number of hydrogen-bond acceptors (Lipinski definition) is 3. The Labute approximate surface area is 129 Å². The predicted octanol–water partition coefficient (Wildman–Crippen LogP) is 2.83. The Morgan fingerprint density at radius 2 is 1.86 bits per heavy atom. The fraction of sp³-hybridized carbons (Fsp3) is 0.222. The fourth-order valence-corrected chi connectivity index (χ4v) is 3.12. The van der Waals surface area contributed by atoms with Gasteiger partial charge in [0.1, 0.15) is 0 Å². The number of nitrogens with zero attached hydrogens (tertiary/aromatic N) is 3. The number of rotatable bonds is 2. The summed E-state index contributed by atoms with van der Waals surface area (Å²) in [6.45, 7) is 4.20. The van der Waals surface area contributed by atoms with E-state index in [0.29, 0.717) is 13.1 Å². The molecular weight excluding hydrogens is 274 g/mol. The Hall–Kier alpha value is -2.62. The third-order valence-electron chi connectivity index (χ3n) is 4.32. The number of aryl methyl sites for hydroxylation is 1. The summed E-state index contributed by atoms with van der Waals surface area (Å²) in [6, 6.07) is 16.1. The lowest BCUT2D eigenvalue weighted by Crippen LogP contribution is -2.49. The van der Waals surface area contributed by atoms with Gasteiger partial charge < -0.3 is 4.90 Å². The van der Waals surface area contributed by atoms with Gasteiger partial charge in [0.15, 0.2) is 0 Å². The number of aliphatic imine (C=N–C) groups is 1. The largest absolute Gasteiger partial charge is 0.307 e. The molecule has 1 amide bonds. The number of carbonyl (C=O) groups excluding carboxylic acids is 1. The number of carbonyl (C=O) groups is 1. The summed E-state index contributed by atoms with van der Waals surface area (Å²) in [5, 5.41) is 0. The van der Waals surface area contributed by atoms with Crippen molar-refractivity contribution in [3.63, 3.8) is 0 Å². The maximum absolute atomic E-state index is 12.6. The van der Waals surface area contributed by atoms with Crippen LogP contribution in [-0.4, -0.2) is 29.9 Å². The van der Waals surface area contributed by atoms with Gasteiger partial charge in [0.25, 0.3) is 5.91 Å². The van der Waals surface area contributed by atoms with Crippen LogP contribution in [0.2, 0.25) is 0 Å². The molecule has 0 unspecified atom stereocenters. The van der Waals surface area contributed by atoms with Crippen molar-refractivity contribution in [2.75, 3.05) is 18.0 Å². The highest BCUT2D eigenvalue weighted by molar-refractivity contribution is 6.19. The summed E-state index contributed by atoms with van der Waals surface area (Å²) >= 11 is 0. The van der Waals surface area contributed by atoms with E-state index < -0.39 is 0 Å². The zero-order chi connectivity index (χ0) is 15.1. The highest BCUT2D eigenvalue weighted by Crippen LogP contribution is 2.31. The lowest BCUT2D eigenvalue weighted by Gasteiger charge is -2.36. The highest BCUT2D eigenvalue weighted by Gasteiger charge is 2.36. The molecule has 2 heterocycles. The van der Waals surface area contributed by atoms with Crippen molar-refractivity contribution in [2.45, 2.75) is 13.5 Å². The molecule has 0 saturated heterocycles. The first-order valence-corrected chi connectivity index (χ1v) is 7.53. The second-order valence-electron chi connectivity index (χ2n) is 5.67. The Morgan fingerprint density at radius 1 is 1.09 bits per heavy atom. The van der Waals surface area contributed by atoms with Crippen LogP contribution in [0.3, 0.4) is 0 Å². The van der Waals surface area contributed by atoms with Gasteiger partial charge in [-0.15, -0.1) is 0 Å². The average Bonchev–Trinajstić information content (AvgIpc) is 3.03. The van der Waals surface area contributed by atoms with E-state index in [2.05, 4.69) is 35.0 Å². The van der Waals surface area contributed by atoms with E-state index in [1.807, 2.05) is 30.3 Å². The lowest BCUT2D eigenvalue weighted by molar-refractivity contribution is 0.0851. The monoisotopic (exact) mass is 291 g/mol. The van der Waals surface area contributed by atoms with Gasteiger partial charge in [-0.2, -0.15) is 0 Å². The Morgan fingerprint density at radius 3 is 2.73 bits per heavy atom. The summed E-state index contributed by atoms with van der Waals surface area (Å²) in [5.74, 6) is 0.847. The van der Waals surface area contributed by atoms with Crippen LogP contribution in [0, 0.1) is 6.92 Å². The molecular formula is C18H17N3O. The number of fused-ring (bicyclic) bond motifs is 2. The van der Waals surface area contributed by atoms with E-state index in [1.54, 1.807) is 4.90 Å². The standard InChI is InChI=1S/C18H17N3O/c1-13-6-2-3-7-14(13)12-21-16-9-5-4-8-15(16)17(22)20-11-10-19-18(20)21/h2-9H,10-12H2,1H3. The molecule has 4 rings (SSSR count). The first-order valence-electron chi connectivity index (χ1n) is 7.53. The highest BCUT2D eigenvalue weighted by atomic mass is 16.2. The zero-order valence-electron chi connectivity index (χ0n) is 12.5. The molecule has 0 aliphatic carbocycles. The van der Waals surface area contributed by atoms with Crippen molar-refractivity contribution in [2.24, 2.45) is 4.99 Å². The molecule has 0 radical (unpaired) electrons. The van der Waals surface area contributed by atoms with Gasteiger partial charge in [-0.25, -0.2) is 0 Å². The molecule has 110 valence electrons. The minimum absolute atomic E-state index is 0.0629. The van der Waals surface area contributed by atoms with Crippen molar-refractivity contribution in [1.29, 1.82) is 0 Å². The van der Waals surface area contributed by atoms with Crippen LogP contribution in [0.25, 0.3) is 0 Å². The first-order chi connectivity index (χ1) is 10.8. The molecule has 2 aliphatic heterocycles. The van der Waals surface area contributed by atoms with E-state index in [0.717, 1.165) is 23.8 Å². The second-order valence-corrected chi connectivity index (χ2v) is 5.67. The SMILES string of the molecule is Cc1ccccc1CN1C2=NCCN2C(=O)c2ccccc21. The zero-order valence-corrected chi connectivity index (χ0v) is 12.5. The third kappa shape index (κ3) is 1.91. The summed E-state index contributed by atoms with van der Waals surface area (Å²) < 4.78 is 0. The number of para-hydroxylation sites is 1. The van der Waals surface area contributed by atoms with Gasteiger partial charge in [-0.05, 0) is 30.2 Å². The van der Waals surface area contributed by atoms with Gasteiger partial charge in [0.2, 0.25) is 5.96 Å². The van der Waals surface area contributed by atoms with Gasteiger partial charge in [-0.1, -0.05) is 36.4 Å². The molecule has 0 spiro atoms. The molecule has 4 nitrogen and oxygen atoms in total. The molecule has 2 aromatic rings. The number of hydrogen-bond donors (Lipinski definition) is 0. The minimum Gasteiger partial charge on any atom is -0.307 e. The van der Waals surface area contributed by atoms with Crippen molar-refractivity contribution < 1.29 is 4.79 Å². The Balaban J connectivity index is 1.81. The fourth-order valence-electron chi connectivity index (χ4n) is 3.12. The van der Waals surface area contributed by atoms with Crippen LogP contribution >= 0.6 is 0 Å². The molecule has 0 N–H and O–H groups in total. The van der Waals surface area contributed by atoms with E-state index in [1.165, 1.54) is 11.1 Å². The van der Waals surface area contributed by atoms with Gasteiger partial charge in [0.05, 0.1) is 24.3 Å². The molecule has 0 aromatic heterocycles. The van der Waals surface area contributed by atoms with Crippen molar-refractivity contribution in [3.05, 3.63) is 65.2 Å². The summed E-state index contributed by atoms with van der Waals surface area (Å²) in [5.41, 5.74) is 4.22. The van der Waals surface area contributed by atoms with E-state index in [4.69, 9.17) is 0 Å². The van der Waals surface area contributed by atoms with Crippen LogP contribution in [0.5, 0.6) is 0 Å². The van der Waals surface area contributed by atoms with E-state index >= 15 is 0 Å². The quantitative estimate of drug-likeness (QED) is 0.853. The van der Waals surface area contributed by atoms with E-state index in [9.17, 15) is 4.79 Å². The number of amides is 1. The summed E-state index contributed by atoms with van der Waals surface area (Å²) in [4.78, 5) is 21.1. The topological polar surface area (TPSA) is 35.9 Å². The minimum atomic E-state index is 0.0629. The smallest absolute Gasteiger partial charge is 0.262 e. The third-order valence-corrected chi connectivity index (χ3v) is 4.32. The molecule has 0 atom stereocenters. The van der Waals surface area contributed by atoms with Crippen LogP contribution in [0.4, 0.5) is 5.69 Å². The number of guanidine groups is 1. The maximum atomic E-state index is 12.6. The predicted molar refractivity (Wildman–Crippen MR) is 87.1 cm³/mol. The lowest BCUT2D eigenvalue weighted by atomic mass is 10.0. The normalized spacial score (nSPS) is 16.4. The summed E-state index contributed by atoms with van der Waals surface area (Å²) in [6.07, 6.45) is 0. The van der Waals surface area contributed by atoms with E-state index in [-0.39, 0.29) is 5.91 Å². The number of anilines is 1. The van der Waals surface area contributed by atoms with Gasteiger partial charge >= 0.3 is 0 Å². The van der Waals surface area contributed by atoms with Crippen molar-refractivity contribution in [1.82, 2.24) is 4.90 Å². The molecule has 0 fully saturated rings. The molecule has 0 saturated carbocycles. The molecule has 2 aromatic carbocycles. The Kier molecular flexibility index (Phi) is 2.96. The first kappa shape index (κ1) is 13.1. The molecule has 2 aliphatic rings. The molecule has 4 heteroatoms. The van der Waals surface area contributed by atoms with Crippen LogP contribution < -0.4 is 4.90 Å². The van der Waals surface area contributed by atoms with Gasteiger partial charge in [0, 0.05) is 6.54 Å². The van der Waals surface area contributed by atoms with Crippen LogP contribution in [0.1, 0.15) is 21.5 Å². The molecule has 0 bridgehead atoms. The maximum Gasteiger partial charge on any atom is 0.262 e. The second kappa shape index (κ2) is 4.98. The Bertz CT molecular complexity index is 781. The van der Waals surface area contributed by atoms with Crippen molar-refractivity contribution in [3.8, 4) is 0 Å².